The molecular weight excluding hydrogens is 324 g/mol. The lowest BCUT2D eigenvalue weighted by Gasteiger charge is -2.31. The molecule has 1 aliphatic heterocycles. The summed E-state index contributed by atoms with van der Waals surface area (Å²) >= 11 is 0. The molecule has 1 aromatic carbocycles. The molecule has 0 spiro atoms. The van der Waals surface area contributed by atoms with Crippen molar-refractivity contribution in [2.75, 3.05) is 27.2 Å². The summed E-state index contributed by atoms with van der Waals surface area (Å²) in [6.45, 7) is 5.46. The molecule has 0 saturated carbocycles. The second kappa shape index (κ2) is 7.64. The van der Waals surface area contributed by atoms with Crippen LogP contribution < -0.4 is 10.1 Å². The second-order valence-electron chi connectivity index (χ2n) is 5.62. The lowest BCUT2D eigenvalue weighted by molar-refractivity contribution is 0.295. The van der Waals surface area contributed by atoms with Crippen LogP contribution >= 0.6 is 12.4 Å². The van der Waals surface area contributed by atoms with Crippen LogP contribution in [0.15, 0.2) is 17.0 Å². The molecule has 5 nitrogen and oxygen atoms in total. The van der Waals surface area contributed by atoms with Gasteiger partial charge >= 0.3 is 0 Å². The molecule has 0 unspecified atom stereocenters. The minimum atomic E-state index is -3.55. The number of piperidine rings is 1. The fourth-order valence-corrected chi connectivity index (χ4v) is 4.66. The quantitative estimate of drug-likeness (QED) is 0.905. The minimum absolute atomic E-state index is 0. The first-order valence-corrected chi connectivity index (χ1v) is 8.66. The SMILES string of the molecule is COc1cc(C)cc(C)c1S(=O)(=O)N(C)C1CCNCC1.Cl. The topological polar surface area (TPSA) is 58.6 Å². The summed E-state index contributed by atoms with van der Waals surface area (Å²) in [5.74, 6) is 0.424. The Morgan fingerprint density at radius 2 is 1.82 bits per heavy atom. The Labute approximate surface area is 139 Å². The lowest BCUT2D eigenvalue weighted by atomic mass is 10.1. The highest BCUT2D eigenvalue weighted by atomic mass is 35.5. The number of sulfonamides is 1. The van der Waals surface area contributed by atoms with E-state index >= 15 is 0 Å². The molecule has 1 fully saturated rings. The molecule has 2 rings (SSSR count). The van der Waals surface area contributed by atoms with Gasteiger partial charge in [0.2, 0.25) is 10.0 Å². The highest BCUT2D eigenvalue weighted by molar-refractivity contribution is 7.89. The summed E-state index contributed by atoms with van der Waals surface area (Å²) in [6, 6.07) is 3.70. The van der Waals surface area contributed by atoms with Gasteiger partial charge in [-0.3, -0.25) is 0 Å². The van der Waals surface area contributed by atoms with Crippen molar-refractivity contribution in [3.8, 4) is 5.75 Å². The minimum Gasteiger partial charge on any atom is -0.495 e. The zero-order valence-corrected chi connectivity index (χ0v) is 15.2. The van der Waals surface area contributed by atoms with Crippen LogP contribution in [-0.4, -0.2) is 46.0 Å². The Morgan fingerprint density at radius 1 is 1.23 bits per heavy atom. The van der Waals surface area contributed by atoms with Crippen molar-refractivity contribution < 1.29 is 13.2 Å². The fourth-order valence-electron chi connectivity index (χ4n) is 2.91. The summed E-state index contributed by atoms with van der Waals surface area (Å²) in [7, 11) is -0.366. The van der Waals surface area contributed by atoms with E-state index in [4.69, 9.17) is 4.74 Å². The predicted molar refractivity (Wildman–Crippen MR) is 90.6 cm³/mol. The number of benzene rings is 1. The molecule has 0 aliphatic carbocycles. The molecule has 1 heterocycles. The second-order valence-corrected chi connectivity index (χ2v) is 7.55. The van der Waals surface area contributed by atoms with Gasteiger partial charge in [0.15, 0.2) is 0 Å². The Hall–Kier alpha value is -0.820. The van der Waals surface area contributed by atoms with Crippen LogP contribution in [0.4, 0.5) is 0 Å². The zero-order valence-electron chi connectivity index (χ0n) is 13.5. The van der Waals surface area contributed by atoms with E-state index in [0.717, 1.165) is 37.1 Å². The molecule has 1 aromatic rings. The molecule has 0 amide bonds. The molecule has 126 valence electrons. The number of nitrogens with one attached hydrogen (secondary N) is 1. The van der Waals surface area contributed by atoms with Crippen LogP contribution in [-0.2, 0) is 10.0 Å². The van der Waals surface area contributed by atoms with E-state index in [-0.39, 0.29) is 23.3 Å². The number of nitrogens with zero attached hydrogens (tertiary/aromatic N) is 1. The number of hydrogen-bond donors (Lipinski definition) is 1. The van der Waals surface area contributed by atoms with Crippen molar-refractivity contribution in [3.63, 3.8) is 0 Å². The van der Waals surface area contributed by atoms with Gasteiger partial charge in [-0.25, -0.2) is 8.42 Å². The van der Waals surface area contributed by atoms with Gasteiger partial charge < -0.3 is 10.1 Å². The van der Waals surface area contributed by atoms with Crippen LogP contribution in [0.1, 0.15) is 24.0 Å². The first-order chi connectivity index (χ1) is 9.87. The van der Waals surface area contributed by atoms with E-state index in [1.165, 1.54) is 11.4 Å². The molecule has 1 saturated heterocycles. The van der Waals surface area contributed by atoms with E-state index < -0.39 is 10.0 Å². The van der Waals surface area contributed by atoms with Gasteiger partial charge in [0.25, 0.3) is 0 Å². The highest BCUT2D eigenvalue weighted by Crippen LogP contribution is 2.32. The molecule has 1 aliphatic rings. The molecular formula is C15H25ClN2O3S. The number of ether oxygens (including phenoxy) is 1. The fraction of sp³-hybridized carbons (Fsp3) is 0.600. The molecule has 7 heteroatoms. The number of halogens is 1. The zero-order chi connectivity index (χ0) is 15.6. The van der Waals surface area contributed by atoms with Crippen molar-refractivity contribution in [2.45, 2.75) is 37.6 Å². The van der Waals surface area contributed by atoms with E-state index in [1.807, 2.05) is 19.9 Å². The van der Waals surface area contributed by atoms with Crippen molar-refractivity contribution >= 4 is 22.4 Å². The average molecular weight is 349 g/mol. The van der Waals surface area contributed by atoms with Gasteiger partial charge in [0.05, 0.1) is 7.11 Å². The molecule has 0 bridgehead atoms. The maximum absolute atomic E-state index is 13.0. The maximum atomic E-state index is 13.0. The van der Waals surface area contributed by atoms with Gasteiger partial charge in [-0.2, -0.15) is 4.31 Å². The average Bonchev–Trinajstić information content (AvgIpc) is 2.46. The number of aryl methyl sites for hydroxylation is 2. The molecule has 1 N–H and O–H groups in total. The highest BCUT2D eigenvalue weighted by Gasteiger charge is 2.32. The summed E-state index contributed by atoms with van der Waals surface area (Å²) in [5.41, 5.74) is 1.72. The van der Waals surface area contributed by atoms with Gasteiger partial charge in [-0.1, -0.05) is 6.07 Å². The van der Waals surface area contributed by atoms with Gasteiger partial charge in [0, 0.05) is 13.1 Å². The molecule has 22 heavy (non-hydrogen) atoms. The third kappa shape index (κ3) is 3.74. The molecule has 0 atom stereocenters. The number of methoxy groups -OCH3 is 1. The van der Waals surface area contributed by atoms with Crippen LogP contribution in [0.2, 0.25) is 0 Å². The van der Waals surface area contributed by atoms with Crippen LogP contribution in [0.25, 0.3) is 0 Å². The summed E-state index contributed by atoms with van der Waals surface area (Å²) in [5, 5.41) is 3.26. The van der Waals surface area contributed by atoms with E-state index in [2.05, 4.69) is 5.32 Å². The Kier molecular flexibility index (Phi) is 6.67. The van der Waals surface area contributed by atoms with E-state index in [1.54, 1.807) is 13.1 Å². The standard InChI is InChI=1S/C15H24N2O3S.ClH/c1-11-9-12(2)15(14(10-11)20-4)21(18,19)17(3)13-5-7-16-8-6-13;/h9-10,13,16H,5-8H2,1-4H3;1H. The van der Waals surface area contributed by atoms with Crippen molar-refractivity contribution in [3.05, 3.63) is 23.3 Å². The van der Waals surface area contributed by atoms with Gasteiger partial charge in [-0.15, -0.1) is 12.4 Å². The predicted octanol–water partition coefficient (Wildman–Crippen LogP) is 2.11. The third-order valence-electron chi connectivity index (χ3n) is 4.06. The van der Waals surface area contributed by atoms with Crippen LogP contribution in [0.5, 0.6) is 5.75 Å². The van der Waals surface area contributed by atoms with Crippen LogP contribution in [0.3, 0.4) is 0 Å². The monoisotopic (exact) mass is 348 g/mol. The summed E-state index contributed by atoms with van der Waals surface area (Å²) in [6.07, 6.45) is 1.67. The molecule has 0 aromatic heterocycles. The Morgan fingerprint density at radius 3 is 2.36 bits per heavy atom. The number of rotatable bonds is 4. The third-order valence-corrected chi connectivity index (χ3v) is 6.16. The smallest absolute Gasteiger partial charge is 0.247 e. The first kappa shape index (κ1) is 19.2. The van der Waals surface area contributed by atoms with E-state index in [9.17, 15) is 8.42 Å². The van der Waals surface area contributed by atoms with Gasteiger partial charge in [0.1, 0.15) is 10.6 Å². The molecule has 0 radical (unpaired) electrons. The van der Waals surface area contributed by atoms with Crippen molar-refractivity contribution in [1.29, 1.82) is 0 Å². The summed E-state index contributed by atoms with van der Waals surface area (Å²) < 4.78 is 32.8. The van der Waals surface area contributed by atoms with E-state index in [0.29, 0.717) is 5.75 Å². The van der Waals surface area contributed by atoms with Crippen molar-refractivity contribution in [1.82, 2.24) is 9.62 Å². The number of hydrogen-bond acceptors (Lipinski definition) is 4. The normalized spacial score (nSPS) is 16.4. The lowest BCUT2D eigenvalue weighted by Crippen LogP contribution is -2.44. The first-order valence-electron chi connectivity index (χ1n) is 7.22. The Balaban J connectivity index is 0.00000242. The largest absolute Gasteiger partial charge is 0.495 e. The summed E-state index contributed by atoms with van der Waals surface area (Å²) in [4.78, 5) is 0.289. The van der Waals surface area contributed by atoms with Crippen LogP contribution in [0, 0.1) is 13.8 Å². The van der Waals surface area contributed by atoms with Crippen molar-refractivity contribution in [2.24, 2.45) is 0 Å². The van der Waals surface area contributed by atoms with Gasteiger partial charge in [-0.05, 0) is 57.0 Å². The Bertz CT molecular complexity index is 613. The maximum Gasteiger partial charge on any atom is 0.247 e.